The molecule has 0 bridgehead atoms. The highest BCUT2D eigenvalue weighted by Crippen LogP contribution is 2.48. The molecule has 1 amide bonds. The topological polar surface area (TPSA) is 63.0 Å². The van der Waals surface area contributed by atoms with Crippen LogP contribution in [0.3, 0.4) is 0 Å². The highest BCUT2D eigenvalue weighted by molar-refractivity contribution is 5.88. The Morgan fingerprint density at radius 1 is 1.03 bits per heavy atom. The van der Waals surface area contributed by atoms with E-state index < -0.39 is 17.2 Å². The number of benzene rings is 1. The monoisotopic (exact) mass is 425 g/mol. The zero-order valence-electron chi connectivity index (χ0n) is 16.7. The molecule has 2 atom stereocenters. The lowest BCUT2D eigenvalue weighted by molar-refractivity contribution is -0.140. The molecule has 160 valence electrons. The van der Waals surface area contributed by atoms with Crippen molar-refractivity contribution < 1.29 is 18.3 Å². The lowest BCUT2D eigenvalue weighted by atomic mass is 9.89. The summed E-state index contributed by atoms with van der Waals surface area (Å²) in [5.41, 5.74) is 0.392. The smallest absolute Gasteiger partial charge is 0.257 e. The first-order chi connectivity index (χ1) is 15.0. The Morgan fingerprint density at radius 3 is 2.58 bits per heavy atom. The largest absolute Gasteiger partial charge is 0.356 e. The molecule has 0 N–H and O–H groups in total. The molecule has 0 radical (unpaired) electrons. The maximum absolute atomic E-state index is 13.8. The van der Waals surface area contributed by atoms with Crippen LogP contribution in [-0.2, 0) is 9.53 Å². The van der Waals surface area contributed by atoms with E-state index in [4.69, 9.17) is 4.74 Å². The molecule has 1 spiro atoms. The summed E-state index contributed by atoms with van der Waals surface area (Å²) in [6.07, 6.45) is 5.53. The van der Waals surface area contributed by atoms with Crippen LogP contribution in [0.2, 0.25) is 0 Å². The van der Waals surface area contributed by atoms with Gasteiger partial charge in [0.25, 0.3) is 5.91 Å². The molecule has 3 aliphatic rings. The van der Waals surface area contributed by atoms with Crippen molar-refractivity contribution in [3.05, 3.63) is 59.9 Å². The van der Waals surface area contributed by atoms with Gasteiger partial charge in [-0.25, -0.2) is 13.8 Å². The first-order valence-electron chi connectivity index (χ1n) is 10.5. The molecule has 0 saturated carbocycles. The molecule has 9 heteroatoms. The fraction of sp³-hybridized carbons (Fsp3) is 0.409. The minimum Gasteiger partial charge on any atom is -0.356 e. The van der Waals surface area contributed by atoms with E-state index in [-0.39, 0.29) is 18.2 Å². The zero-order valence-corrected chi connectivity index (χ0v) is 16.7. The molecule has 3 saturated heterocycles. The Hall–Kier alpha value is -3.07. The summed E-state index contributed by atoms with van der Waals surface area (Å²) in [4.78, 5) is 21.7. The van der Waals surface area contributed by atoms with E-state index >= 15 is 0 Å². The van der Waals surface area contributed by atoms with E-state index in [1.54, 1.807) is 21.8 Å². The number of aromatic nitrogens is 3. The van der Waals surface area contributed by atoms with E-state index in [2.05, 4.69) is 15.0 Å². The summed E-state index contributed by atoms with van der Waals surface area (Å²) in [5.74, 6) is -0.389. The predicted octanol–water partition coefficient (Wildman–Crippen LogP) is 3.07. The van der Waals surface area contributed by atoms with Crippen LogP contribution >= 0.6 is 0 Å². The van der Waals surface area contributed by atoms with Gasteiger partial charge in [-0.3, -0.25) is 4.79 Å². The van der Waals surface area contributed by atoms with Crippen molar-refractivity contribution in [3.63, 3.8) is 0 Å². The van der Waals surface area contributed by atoms with Crippen LogP contribution < -0.4 is 4.90 Å². The van der Waals surface area contributed by atoms with Gasteiger partial charge in [-0.2, -0.15) is 9.61 Å². The van der Waals surface area contributed by atoms with E-state index in [9.17, 15) is 13.6 Å². The van der Waals surface area contributed by atoms with E-state index in [1.165, 1.54) is 12.1 Å². The quantitative estimate of drug-likeness (QED) is 0.632. The number of fused-ring (bicyclic) bond motifs is 2. The zero-order chi connectivity index (χ0) is 21.2. The number of nitrogens with zero attached hydrogens (tertiary/aromatic N) is 5. The number of hydrogen-bond acceptors (Lipinski definition) is 5. The number of hydrogen-bond donors (Lipinski definition) is 0. The average molecular weight is 425 g/mol. The van der Waals surface area contributed by atoms with Gasteiger partial charge in [-0.1, -0.05) is 0 Å². The molecule has 3 aliphatic heterocycles. The number of anilines is 1. The number of carbonyl (C=O) groups excluding carboxylic acids is 1. The number of carbonyl (C=O) groups is 1. The lowest BCUT2D eigenvalue weighted by Crippen LogP contribution is -2.50. The number of halogens is 2. The summed E-state index contributed by atoms with van der Waals surface area (Å²) in [6.45, 7) is 1.29. The third-order valence-electron chi connectivity index (χ3n) is 6.75. The molecule has 2 aromatic heterocycles. The van der Waals surface area contributed by atoms with Gasteiger partial charge in [-0.15, -0.1) is 0 Å². The summed E-state index contributed by atoms with van der Waals surface area (Å²) < 4.78 is 35.7. The van der Waals surface area contributed by atoms with E-state index in [1.807, 2.05) is 12.1 Å². The third-order valence-corrected chi connectivity index (χ3v) is 6.75. The van der Waals surface area contributed by atoms with Crippen molar-refractivity contribution in [3.8, 4) is 0 Å². The standard InChI is InChI=1S/C22H21F2N5O2/c23-15-11-14(12-16(24)13-15)17-1-2-20-28(17)21(30)22(31-20)5-9-27(10-6-22)19-4-7-25-18-3-8-26-29(18)19/h3-4,7-8,11-13,17,20H,1-2,5-6,9-10H2. The summed E-state index contributed by atoms with van der Waals surface area (Å²) in [6, 6.07) is 6.89. The molecule has 6 rings (SSSR count). The second-order valence-electron chi connectivity index (χ2n) is 8.47. The van der Waals surface area contributed by atoms with Gasteiger partial charge in [0.1, 0.15) is 23.7 Å². The number of piperidine rings is 1. The van der Waals surface area contributed by atoms with Crippen LogP contribution in [0.1, 0.15) is 37.3 Å². The van der Waals surface area contributed by atoms with Gasteiger partial charge in [0.05, 0.1) is 12.2 Å². The summed E-state index contributed by atoms with van der Waals surface area (Å²) >= 11 is 0. The number of ether oxygens (including phenoxy) is 1. The normalized spacial score (nSPS) is 25.0. The van der Waals surface area contributed by atoms with Crippen molar-refractivity contribution in [2.24, 2.45) is 0 Å². The van der Waals surface area contributed by atoms with Gasteiger partial charge in [-0.05, 0) is 36.6 Å². The van der Waals surface area contributed by atoms with Crippen molar-refractivity contribution >= 4 is 17.4 Å². The first kappa shape index (κ1) is 18.7. The van der Waals surface area contributed by atoms with Crippen LogP contribution in [0.5, 0.6) is 0 Å². The van der Waals surface area contributed by atoms with Gasteiger partial charge < -0.3 is 14.5 Å². The van der Waals surface area contributed by atoms with E-state index in [0.29, 0.717) is 44.3 Å². The molecule has 31 heavy (non-hydrogen) atoms. The Bertz CT molecular complexity index is 1150. The predicted molar refractivity (Wildman–Crippen MR) is 107 cm³/mol. The molecule has 0 aliphatic carbocycles. The second kappa shape index (κ2) is 6.71. The summed E-state index contributed by atoms with van der Waals surface area (Å²) in [7, 11) is 0. The fourth-order valence-corrected chi connectivity index (χ4v) is 5.30. The highest BCUT2D eigenvalue weighted by atomic mass is 19.1. The van der Waals surface area contributed by atoms with Crippen LogP contribution in [0.4, 0.5) is 14.6 Å². The van der Waals surface area contributed by atoms with Crippen molar-refractivity contribution in [2.75, 3.05) is 18.0 Å². The Balaban J connectivity index is 1.24. The van der Waals surface area contributed by atoms with Crippen molar-refractivity contribution in [1.82, 2.24) is 19.5 Å². The van der Waals surface area contributed by atoms with Crippen LogP contribution in [0, 0.1) is 11.6 Å². The van der Waals surface area contributed by atoms with Gasteiger partial charge >= 0.3 is 0 Å². The van der Waals surface area contributed by atoms with Crippen molar-refractivity contribution in [2.45, 2.75) is 43.6 Å². The highest BCUT2D eigenvalue weighted by Gasteiger charge is 2.58. The number of rotatable bonds is 2. The molecule has 2 unspecified atom stereocenters. The molecular weight excluding hydrogens is 404 g/mol. The van der Waals surface area contributed by atoms with Gasteiger partial charge in [0.2, 0.25) is 0 Å². The molecule has 1 aromatic carbocycles. The van der Waals surface area contributed by atoms with Crippen LogP contribution in [0.15, 0.2) is 42.7 Å². The summed E-state index contributed by atoms with van der Waals surface area (Å²) in [5, 5.41) is 4.35. The Labute approximate surface area is 177 Å². The lowest BCUT2D eigenvalue weighted by Gasteiger charge is -2.38. The van der Waals surface area contributed by atoms with Gasteiger partial charge in [0.15, 0.2) is 11.2 Å². The van der Waals surface area contributed by atoms with E-state index in [0.717, 1.165) is 17.5 Å². The maximum atomic E-state index is 13.8. The van der Waals surface area contributed by atoms with Gasteiger partial charge in [0, 0.05) is 44.3 Å². The molecule has 7 nitrogen and oxygen atoms in total. The molecular formula is C22H21F2N5O2. The van der Waals surface area contributed by atoms with Crippen molar-refractivity contribution in [1.29, 1.82) is 0 Å². The Kier molecular flexibility index (Phi) is 4.05. The van der Waals surface area contributed by atoms with Crippen LogP contribution in [0.25, 0.3) is 5.65 Å². The second-order valence-corrected chi connectivity index (χ2v) is 8.47. The third kappa shape index (κ3) is 2.83. The fourth-order valence-electron chi connectivity index (χ4n) is 5.30. The number of amides is 1. The first-order valence-corrected chi connectivity index (χ1v) is 10.5. The Morgan fingerprint density at radius 2 is 1.81 bits per heavy atom. The minimum atomic E-state index is -0.873. The average Bonchev–Trinajstić information content (AvgIpc) is 3.45. The maximum Gasteiger partial charge on any atom is 0.257 e. The van der Waals surface area contributed by atoms with Crippen LogP contribution in [-0.4, -0.2) is 50.3 Å². The minimum absolute atomic E-state index is 0.0664. The SMILES string of the molecule is O=C1N2C(CCC2c2cc(F)cc(F)c2)OC12CCN(c1ccnc3ccnn13)CC2. The molecule has 3 aromatic rings. The molecule has 3 fully saturated rings. The molecule has 5 heterocycles.